The molecule has 0 amide bonds. The normalized spacial score (nSPS) is 15.6. The number of aromatic nitrogens is 1. The van der Waals surface area contributed by atoms with E-state index in [1.807, 2.05) is 6.20 Å². The number of rotatable bonds is 4. The highest BCUT2D eigenvalue weighted by atomic mass is 35.5. The third kappa shape index (κ3) is 3.93. The second kappa shape index (κ2) is 7.34. The highest BCUT2D eigenvalue weighted by Crippen LogP contribution is 2.30. The minimum absolute atomic E-state index is 0.605. The van der Waals surface area contributed by atoms with Crippen LogP contribution in [-0.2, 0) is 6.54 Å². The largest absolute Gasteiger partial charge is 0.378 e. The van der Waals surface area contributed by atoms with Crippen LogP contribution < -0.4 is 10.2 Å². The molecular weight excluding hydrogens is 314 g/mol. The summed E-state index contributed by atoms with van der Waals surface area (Å²) in [6, 6.07) is 6.69. The van der Waals surface area contributed by atoms with Crippen LogP contribution in [0.1, 0.15) is 36.1 Å². The molecule has 1 aromatic heterocycles. The molecule has 0 spiro atoms. The second-order valence-corrected chi connectivity index (χ2v) is 7.55. The molecule has 1 aliphatic heterocycles. The topological polar surface area (TPSA) is 28.2 Å². The average Bonchev–Trinajstić information content (AvgIpc) is 2.75. The molecule has 2 heterocycles. The van der Waals surface area contributed by atoms with Crippen molar-refractivity contribution in [3.63, 3.8) is 0 Å². The van der Waals surface area contributed by atoms with E-state index < -0.39 is 0 Å². The molecule has 1 aliphatic rings. The van der Waals surface area contributed by atoms with Crippen LogP contribution in [0.4, 0.5) is 11.4 Å². The SMILES string of the molecule is Cc1ccc(N2CCCCCC2)c(NCc2cnc(Cl)s2)c1. The van der Waals surface area contributed by atoms with E-state index in [9.17, 15) is 0 Å². The Morgan fingerprint density at radius 2 is 2.00 bits per heavy atom. The van der Waals surface area contributed by atoms with E-state index >= 15 is 0 Å². The maximum absolute atomic E-state index is 5.91. The van der Waals surface area contributed by atoms with E-state index in [0.717, 1.165) is 24.5 Å². The predicted octanol–water partition coefficient (Wildman–Crippen LogP) is 5.10. The molecule has 0 saturated carbocycles. The fraction of sp³-hybridized carbons (Fsp3) is 0.471. The average molecular weight is 336 g/mol. The van der Waals surface area contributed by atoms with E-state index in [1.165, 1.54) is 54.0 Å². The monoisotopic (exact) mass is 335 g/mol. The quantitative estimate of drug-likeness (QED) is 0.842. The predicted molar refractivity (Wildman–Crippen MR) is 96.3 cm³/mol. The molecule has 3 rings (SSSR count). The van der Waals surface area contributed by atoms with Crippen molar-refractivity contribution < 1.29 is 0 Å². The number of thiazole rings is 1. The number of aryl methyl sites for hydroxylation is 1. The summed E-state index contributed by atoms with van der Waals surface area (Å²) in [4.78, 5) is 7.79. The minimum atomic E-state index is 0.605. The molecule has 118 valence electrons. The van der Waals surface area contributed by atoms with Crippen LogP contribution in [-0.4, -0.2) is 18.1 Å². The molecule has 0 unspecified atom stereocenters. The van der Waals surface area contributed by atoms with E-state index in [2.05, 4.69) is 40.3 Å². The van der Waals surface area contributed by atoms with Crippen molar-refractivity contribution in [1.29, 1.82) is 0 Å². The number of hydrogen-bond donors (Lipinski definition) is 1. The van der Waals surface area contributed by atoms with Crippen LogP contribution in [0.2, 0.25) is 4.47 Å². The molecule has 2 aromatic rings. The number of nitrogens with one attached hydrogen (secondary N) is 1. The van der Waals surface area contributed by atoms with Gasteiger partial charge in [-0.25, -0.2) is 4.98 Å². The highest BCUT2D eigenvalue weighted by molar-refractivity contribution is 7.15. The van der Waals surface area contributed by atoms with Crippen molar-refractivity contribution in [2.45, 2.75) is 39.2 Å². The lowest BCUT2D eigenvalue weighted by Gasteiger charge is -2.26. The Morgan fingerprint density at radius 3 is 2.68 bits per heavy atom. The van der Waals surface area contributed by atoms with E-state index in [1.54, 1.807) is 0 Å². The van der Waals surface area contributed by atoms with Gasteiger partial charge in [0.25, 0.3) is 0 Å². The van der Waals surface area contributed by atoms with Crippen LogP contribution >= 0.6 is 22.9 Å². The Bertz CT molecular complexity index is 618. The molecule has 1 saturated heterocycles. The van der Waals surface area contributed by atoms with Crippen LogP contribution in [0.15, 0.2) is 24.4 Å². The summed E-state index contributed by atoms with van der Waals surface area (Å²) in [6.07, 6.45) is 7.13. The van der Waals surface area contributed by atoms with Crippen molar-refractivity contribution in [2.75, 3.05) is 23.3 Å². The molecule has 0 aliphatic carbocycles. The van der Waals surface area contributed by atoms with Crippen molar-refractivity contribution in [3.8, 4) is 0 Å². The third-order valence-electron chi connectivity index (χ3n) is 4.08. The summed E-state index contributed by atoms with van der Waals surface area (Å²) in [7, 11) is 0. The molecule has 0 atom stereocenters. The van der Waals surface area contributed by atoms with Gasteiger partial charge in [0.05, 0.1) is 17.9 Å². The number of halogens is 1. The number of nitrogens with zero attached hydrogens (tertiary/aromatic N) is 2. The standard InChI is InChI=1S/C17H22ClN3S/c1-13-6-7-16(21-8-4-2-3-5-9-21)15(10-13)19-11-14-12-20-17(18)22-14/h6-7,10,12,19H,2-5,8-9,11H2,1H3. The summed E-state index contributed by atoms with van der Waals surface area (Å²) >= 11 is 7.44. The van der Waals surface area contributed by atoms with Crippen LogP contribution in [0.25, 0.3) is 0 Å². The van der Waals surface area contributed by atoms with Crippen LogP contribution in [0.5, 0.6) is 0 Å². The van der Waals surface area contributed by atoms with Gasteiger partial charge in [-0.2, -0.15) is 0 Å². The Kier molecular flexibility index (Phi) is 5.21. The van der Waals surface area contributed by atoms with E-state index in [-0.39, 0.29) is 0 Å². The minimum Gasteiger partial charge on any atom is -0.378 e. The first-order valence-corrected chi connectivity index (χ1v) is 9.11. The van der Waals surface area contributed by atoms with Crippen molar-refractivity contribution >= 4 is 34.3 Å². The lowest BCUT2D eigenvalue weighted by Crippen LogP contribution is -2.25. The van der Waals surface area contributed by atoms with Gasteiger partial charge in [0, 0.05) is 24.2 Å². The summed E-state index contributed by atoms with van der Waals surface area (Å²) in [6.45, 7) is 5.23. The maximum Gasteiger partial charge on any atom is 0.183 e. The third-order valence-corrected chi connectivity index (χ3v) is 5.19. The number of benzene rings is 1. The van der Waals surface area contributed by atoms with Gasteiger partial charge in [0.15, 0.2) is 4.47 Å². The Morgan fingerprint density at radius 1 is 1.23 bits per heavy atom. The van der Waals surface area contributed by atoms with Crippen LogP contribution in [0, 0.1) is 6.92 Å². The Hall–Kier alpha value is -1.26. The van der Waals surface area contributed by atoms with E-state index in [4.69, 9.17) is 11.6 Å². The molecule has 1 fully saturated rings. The maximum atomic E-state index is 5.91. The number of anilines is 2. The zero-order valence-electron chi connectivity index (χ0n) is 12.9. The first-order chi connectivity index (χ1) is 10.7. The molecule has 3 nitrogen and oxygen atoms in total. The number of hydrogen-bond acceptors (Lipinski definition) is 4. The zero-order chi connectivity index (χ0) is 15.4. The lowest BCUT2D eigenvalue weighted by atomic mass is 10.1. The van der Waals surface area contributed by atoms with Crippen molar-refractivity contribution in [3.05, 3.63) is 39.3 Å². The molecular formula is C17H22ClN3S. The van der Waals surface area contributed by atoms with Gasteiger partial charge in [-0.15, -0.1) is 11.3 Å². The first-order valence-electron chi connectivity index (χ1n) is 7.92. The molecule has 0 radical (unpaired) electrons. The second-order valence-electron chi connectivity index (χ2n) is 5.85. The zero-order valence-corrected chi connectivity index (χ0v) is 14.5. The van der Waals surface area contributed by atoms with Gasteiger partial charge in [-0.1, -0.05) is 30.5 Å². The van der Waals surface area contributed by atoms with Crippen LogP contribution in [0.3, 0.4) is 0 Å². The van der Waals surface area contributed by atoms with Gasteiger partial charge < -0.3 is 10.2 Å². The Balaban J connectivity index is 1.77. The van der Waals surface area contributed by atoms with Gasteiger partial charge in [-0.05, 0) is 37.5 Å². The van der Waals surface area contributed by atoms with E-state index in [0.29, 0.717) is 4.47 Å². The summed E-state index contributed by atoms with van der Waals surface area (Å²) in [5.41, 5.74) is 3.82. The van der Waals surface area contributed by atoms with Crippen molar-refractivity contribution in [1.82, 2.24) is 4.98 Å². The smallest absolute Gasteiger partial charge is 0.183 e. The highest BCUT2D eigenvalue weighted by Gasteiger charge is 2.14. The van der Waals surface area contributed by atoms with Crippen molar-refractivity contribution in [2.24, 2.45) is 0 Å². The molecule has 1 aromatic carbocycles. The van der Waals surface area contributed by atoms with Gasteiger partial charge in [0.2, 0.25) is 0 Å². The summed E-state index contributed by atoms with van der Waals surface area (Å²) < 4.78 is 0.605. The first kappa shape index (κ1) is 15.6. The summed E-state index contributed by atoms with van der Waals surface area (Å²) in [5, 5.41) is 3.57. The fourth-order valence-corrected chi connectivity index (χ4v) is 3.84. The Labute approximate surface area is 141 Å². The molecule has 5 heteroatoms. The molecule has 0 bridgehead atoms. The van der Waals surface area contributed by atoms with Gasteiger partial charge >= 0.3 is 0 Å². The molecule has 1 N–H and O–H groups in total. The lowest BCUT2D eigenvalue weighted by molar-refractivity contribution is 0.726. The van der Waals surface area contributed by atoms with Gasteiger partial charge in [-0.3, -0.25) is 0 Å². The molecule has 22 heavy (non-hydrogen) atoms. The summed E-state index contributed by atoms with van der Waals surface area (Å²) in [5.74, 6) is 0. The fourth-order valence-electron chi connectivity index (χ4n) is 2.93. The van der Waals surface area contributed by atoms with Gasteiger partial charge in [0.1, 0.15) is 0 Å².